The Balaban J connectivity index is 2.03. The molecule has 0 aromatic heterocycles. The summed E-state index contributed by atoms with van der Waals surface area (Å²) in [5.74, 6) is 0.578. The summed E-state index contributed by atoms with van der Waals surface area (Å²) in [4.78, 5) is 11.5. The van der Waals surface area contributed by atoms with Crippen molar-refractivity contribution < 1.29 is 14.6 Å². The smallest absolute Gasteiger partial charge is 0.222 e. The molecule has 1 aliphatic rings. The standard InChI is InChI=1S/C14H27NO3/c1-11(2)9-12(3)18-8-5-13(16)15-10-14(17)6-4-7-14/h11-12,17H,4-10H2,1-3H3,(H,15,16). The van der Waals surface area contributed by atoms with Gasteiger partial charge in [-0.2, -0.15) is 0 Å². The van der Waals surface area contributed by atoms with E-state index in [-0.39, 0.29) is 12.0 Å². The molecule has 2 N–H and O–H groups in total. The van der Waals surface area contributed by atoms with E-state index in [4.69, 9.17) is 4.74 Å². The molecular weight excluding hydrogens is 230 g/mol. The zero-order valence-electron chi connectivity index (χ0n) is 11.9. The van der Waals surface area contributed by atoms with Crippen molar-refractivity contribution in [2.24, 2.45) is 5.92 Å². The van der Waals surface area contributed by atoms with Crippen LogP contribution in [0.2, 0.25) is 0 Å². The van der Waals surface area contributed by atoms with Crippen LogP contribution in [0.25, 0.3) is 0 Å². The second-order valence-corrected chi connectivity index (χ2v) is 5.92. The Kier molecular flexibility index (Phi) is 6.09. The summed E-state index contributed by atoms with van der Waals surface area (Å²) in [5.41, 5.74) is -0.637. The summed E-state index contributed by atoms with van der Waals surface area (Å²) in [7, 11) is 0. The fourth-order valence-electron chi connectivity index (χ4n) is 2.20. The maximum absolute atomic E-state index is 11.5. The summed E-state index contributed by atoms with van der Waals surface area (Å²) >= 11 is 0. The lowest BCUT2D eigenvalue weighted by molar-refractivity contribution is -0.125. The molecule has 0 spiro atoms. The molecule has 1 amide bonds. The van der Waals surface area contributed by atoms with Crippen molar-refractivity contribution in [1.29, 1.82) is 0 Å². The fraction of sp³-hybridized carbons (Fsp3) is 0.929. The molecule has 18 heavy (non-hydrogen) atoms. The second kappa shape index (κ2) is 7.10. The summed E-state index contributed by atoms with van der Waals surface area (Å²) in [6, 6.07) is 0. The number of hydrogen-bond acceptors (Lipinski definition) is 3. The number of carbonyl (C=O) groups is 1. The Morgan fingerprint density at radius 3 is 2.56 bits per heavy atom. The minimum absolute atomic E-state index is 0.0351. The van der Waals surface area contributed by atoms with E-state index in [1.165, 1.54) is 0 Å². The Morgan fingerprint density at radius 2 is 2.06 bits per heavy atom. The van der Waals surface area contributed by atoms with E-state index in [2.05, 4.69) is 19.2 Å². The van der Waals surface area contributed by atoms with Crippen LogP contribution in [0.5, 0.6) is 0 Å². The van der Waals surface area contributed by atoms with Gasteiger partial charge in [0, 0.05) is 13.0 Å². The molecule has 0 radical (unpaired) electrons. The second-order valence-electron chi connectivity index (χ2n) is 5.92. The molecular formula is C14H27NO3. The first-order valence-corrected chi connectivity index (χ1v) is 7.02. The molecule has 0 aromatic rings. The molecule has 1 aliphatic carbocycles. The third-order valence-electron chi connectivity index (χ3n) is 3.43. The van der Waals surface area contributed by atoms with Crippen LogP contribution >= 0.6 is 0 Å². The van der Waals surface area contributed by atoms with Gasteiger partial charge in [0.1, 0.15) is 0 Å². The van der Waals surface area contributed by atoms with Crippen LogP contribution in [0.1, 0.15) is 52.9 Å². The highest BCUT2D eigenvalue weighted by Crippen LogP contribution is 2.30. The maximum atomic E-state index is 11.5. The van der Waals surface area contributed by atoms with Crippen LogP contribution in [-0.4, -0.2) is 35.9 Å². The molecule has 4 heteroatoms. The molecule has 0 aromatic carbocycles. The van der Waals surface area contributed by atoms with Crippen LogP contribution < -0.4 is 5.32 Å². The molecule has 1 unspecified atom stereocenters. The topological polar surface area (TPSA) is 58.6 Å². The number of aliphatic hydroxyl groups is 1. The monoisotopic (exact) mass is 257 g/mol. The average Bonchev–Trinajstić information content (AvgIpc) is 2.22. The maximum Gasteiger partial charge on any atom is 0.222 e. The molecule has 0 bridgehead atoms. The van der Waals surface area contributed by atoms with E-state index >= 15 is 0 Å². The first-order valence-electron chi connectivity index (χ1n) is 7.02. The van der Waals surface area contributed by atoms with Gasteiger partial charge in [-0.3, -0.25) is 4.79 Å². The van der Waals surface area contributed by atoms with Gasteiger partial charge in [0.25, 0.3) is 0 Å². The quantitative estimate of drug-likeness (QED) is 0.698. The van der Waals surface area contributed by atoms with Crippen molar-refractivity contribution in [2.75, 3.05) is 13.2 Å². The van der Waals surface area contributed by atoms with Gasteiger partial charge in [-0.05, 0) is 38.5 Å². The van der Waals surface area contributed by atoms with E-state index in [0.717, 1.165) is 25.7 Å². The Hall–Kier alpha value is -0.610. The summed E-state index contributed by atoms with van der Waals surface area (Å²) in [5, 5.41) is 12.6. The normalized spacial score (nSPS) is 19.4. The minimum atomic E-state index is -0.637. The molecule has 1 rings (SSSR count). The Labute approximate surface area is 110 Å². The van der Waals surface area contributed by atoms with Crippen molar-refractivity contribution in [3.05, 3.63) is 0 Å². The van der Waals surface area contributed by atoms with E-state index in [1.807, 2.05) is 6.92 Å². The molecule has 1 atom stereocenters. The van der Waals surface area contributed by atoms with Crippen LogP contribution in [-0.2, 0) is 9.53 Å². The minimum Gasteiger partial charge on any atom is -0.388 e. The van der Waals surface area contributed by atoms with E-state index < -0.39 is 5.60 Å². The molecule has 4 nitrogen and oxygen atoms in total. The van der Waals surface area contributed by atoms with Crippen molar-refractivity contribution in [3.8, 4) is 0 Å². The highest BCUT2D eigenvalue weighted by atomic mass is 16.5. The third-order valence-corrected chi connectivity index (χ3v) is 3.43. The van der Waals surface area contributed by atoms with E-state index in [0.29, 0.717) is 25.5 Å². The summed E-state index contributed by atoms with van der Waals surface area (Å²) < 4.78 is 5.57. The molecule has 0 heterocycles. The summed E-state index contributed by atoms with van der Waals surface area (Å²) in [6.07, 6.45) is 4.25. The molecule has 1 saturated carbocycles. The number of nitrogens with one attached hydrogen (secondary N) is 1. The zero-order valence-corrected chi connectivity index (χ0v) is 11.9. The predicted molar refractivity (Wildman–Crippen MR) is 71.3 cm³/mol. The van der Waals surface area contributed by atoms with Crippen molar-refractivity contribution >= 4 is 5.91 Å². The van der Waals surface area contributed by atoms with Gasteiger partial charge in [0.15, 0.2) is 0 Å². The lowest BCUT2D eigenvalue weighted by Gasteiger charge is -2.36. The largest absolute Gasteiger partial charge is 0.388 e. The van der Waals surface area contributed by atoms with Gasteiger partial charge in [0.05, 0.1) is 18.3 Å². The van der Waals surface area contributed by atoms with Gasteiger partial charge >= 0.3 is 0 Å². The van der Waals surface area contributed by atoms with Gasteiger partial charge < -0.3 is 15.2 Å². The number of amides is 1. The Bertz CT molecular complexity index is 262. The summed E-state index contributed by atoms with van der Waals surface area (Å²) in [6.45, 7) is 7.19. The van der Waals surface area contributed by atoms with Crippen molar-refractivity contribution in [3.63, 3.8) is 0 Å². The average molecular weight is 257 g/mol. The predicted octanol–water partition coefficient (Wildman–Crippen LogP) is 1.86. The fourth-order valence-corrected chi connectivity index (χ4v) is 2.20. The lowest BCUT2D eigenvalue weighted by Crippen LogP contribution is -2.47. The van der Waals surface area contributed by atoms with E-state index in [1.54, 1.807) is 0 Å². The van der Waals surface area contributed by atoms with Crippen LogP contribution in [0, 0.1) is 5.92 Å². The van der Waals surface area contributed by atoms with Crippen molar-refractivity contribution in [2.45, 2.75) is 64.6 Å². The zero-order chi connectivity index (χ0) is 13.6. The number of ether oxygens (including phenoxy) is 1. The number of hydrogen-bond donors (Lipinski definition) is 2. The van der Waals surface area contributed by atoms with Crippen molar-refractivity contribution in [1.82, 2.24) is 5.32 Å². The SMILES string of the molecule is CC(C)CC(C)OCCC(=O)NCC1(O)CCC1. The van der Waals surface area contributed by atoms with Gasteiger partial charge in [-0.15, -0.1) is 0 Å². The van der Waals surface area contributed by atoms with Crippen LogP contribution in [0.4, 0.5) is 0 Å². The van der Waals surface area contributed by atoms with Gasteiger partial charge in [0.2, 0.25) is 5.91 Å². The highest BCUT2D eigenvalue weighted by molar-refractivity contribution is 5.76. The lowest BCUT2D eigenvalue weighted by atomic mass is 9.80. The number of carbonyl (C=O) groups excluding carboxylic acids is 1. The molecule has 1 fully saturated rings. The van der Waals surface area contributed by atoms with Gasteiger partial charge in [-0.25, -0.2) is 0 Å². The first kappa shape index (κ1) is 15.4. The molecule has 0 saturated heterocycles. The Morgan fingerprint density at radius 1 is 1.39 bits per heavy atom. The molecule has 106 valence electrons. The first-order chi connectivity index (χ1) is 8.41. The number of rotatable bonds is 8. The van der Waals surface area contributed by atoms with Gasteiger partial charge in [-0.1, -0.05) is 13.8 Å². The highest BCUT2D eigenvalue weighted by Gasteiger charge is 2.34. The van der Waals surface area contributed by atoms with E-state index in [9.17, 15) is 9.90 Å². The van der Waals surface area contributed by atoms with Crippen LogP contribution in [0.3, 0.4) is 0 Å². The molecule has 0 aliphatic heterocycles. The van der Waals surface area contributed by atoms with Crippen LogP contribution in [0.15, 0.2) is 0 Å². The third kappa shape index (κ3) is 5.83.